The van der Waals surface area contributed by atoms with Gasteiger partial charge >= 0.3 is 0 Å². The van der Waals surface area contributed by atoms with Crippen molar-refractivity contribution in [3.05, 3.63) is 71.2 Å². The van der Waals surface area contributed by atoms with Crippen LogP contribution in [0, 0.1) is 0 Å². The Balaban J connectivity index is 1.48. The monoisotopic (exact) mass is 435 g/mol. The van der Waals surface area contributed by atoms with E-state index in [-0.39, 0.29) is 10.6 Å². The summed E-state index contributed by atoms with van der Waals surface area (Å²) in [6.45, 7) is 0. The van der Waals surface area contributed by atoms with Crippen molar-refractivity contribution in [1.29, 1.82) is 0 Å². The molecule has 6 nitrogen and oxygen atoms in total. The summed E-state index contributed by atoms with van der Waals surface area (Å²) in [5, 5.41) is 12.9. The second kappa shape index (κ2) is 7.55. The van der Waals surface area contributed by atoms with Crippen LogP contribution in [0.1, 0.15) is 10.4 Å². The summed E-state index contributed by atoms with van der Waals surface area (Å²) >= 11 is 1.73. The van der Waals surface area contributed by atoms with E-state index < -0.39 is 10.7 Å². The van der Waals surface area contributed by atoms with E-state index in [1.165, 1.54) is 4.88 Å². The number of aryl methyl sites for hydroxylation is 2. The maximum absolute atomic E-state index is 11.1. The molecule has 0 saturated heterocycles. The number of hydrogen-bond acceptors (Lipinski definition) is 7. The van der Waals surface area contributed by atoms with E-state index in [1.54, 1.807) is 47.7 Å². The molecular weight excluding hydrogens is 418 g/mol. The van der Waals surface area contributed by atoms with Gasteiger partial charge in [-0.15, -0.1) is 11.3 Å². The average molecular weight is 436 g/mol. The Labute approximate surface area is 178 Å². The van der Waals surface area contributed by atoms with Crippen molar-refractivity contribution in [2.75, 3.05) is 5.32 Å². The van der Waals surface area contributed by atoms with Gasteiger partial charge in [0.15, 0.2) is 10.7 Å². The first-order valence-corrected chi connectivity index (χ1v) is 11.4. The number of benzene rings is 2. The number of nitrogens with one attached hydrogen (secondary N) is 1. The summed E-state index contributed by atoms with van der Waals surface area (Å²) in [6, 6.07) is 15.9. The lowest BCUT2D eigenvalue weighted by molar-refractivity contribution is 0.475. The lowest BCUT2D eigenvalue weighted by atomic mass is 9.96. The SMILES string of the molecule is O=[SH](=O)c1ccc(Nc2ncc3c(n2)-c2cc(-c4cccc(O)c4)sc2CC3)cc1. The summed E-state index contributed by atoms with van der Waals surface area (Å²) in [5.41, 5.74) is 4.82. The number of fused-ring (bicyclic) bond motifs is 3. The largest absolute Gasteiger partial charge is 0.508 e. The van der Waals surface area contributed by atoms with Crippen LogP contribution < -0.4 is 5.32 Å². The van der Waals surface area contributed by atoms with Crippen molar-refractivity contribution in [3.8, 4) is 27.4 Å². The third-order valence-corrected chi connectivity index (χ3v) is 6.98. The Morgan fingerprint density at radius 3 is 2.63 bits per heavy atom. The molecule has 0 amide bonds. The van der Waals surface area contributed by atoms with Crippen LogP contribution in [-0.2, 0) is 23.5 Å². The molecule has 2 aromatic carbocycles. The van der Waals surface area contributed by atoms with E-state index in [4.69, 9.17) is 4.98 Å². The number of rotatable bonds is 4. The average Bonchev–Trinajstić information content (AvgIpc) is 3.19. The van der Waals surface area contributed by atoms with Gasteiger partial charge in [0.25, 0.3) is 0 Å². The van der Waals surface area contributed by atoms with Crippen LogP contribution in [-0.4, -0.2) is 23.5 Å². The molecule has 30 heavy (non-hydrogen) atoms. The third-order valence-electron chi connectivity index (χ3n) is 5.01. The summed E-state index contributed by atoms with van der Waals surface area (Å²) in [7, 11) is -2.60. The standard InChI is InChI=1S/C22H17N3O3S2/c26-16-3-1-2-13(10-16)20-11-18-19(29-20)9-4-14-12-23-22(25-21(14)18)24-15-5-7-17(8-6-15)30(27)28/h1-3,5-8,10-12,26,30H,4,9H2,(H,23,24,25). The number of phenols is 1. The van der Waals surface area contributed by atoms with Gasteiger partial charge in [-0.3, -0.25) is 0 Å². The van der Waals surface area contributed by atoms with Crippen molar-refractivity contribution in [2.24, 2.45) is 0 Å². The fourth-order valence-corrected chi connectivity index (χ4v) is 5.09. The van der Waals surface area contributed by atoms with Gasteiger partial charge in [-0.05, 0) is 66.4 Å². The summed E-state index contributed by atoms with van der Waals surface area (Å²) in [6.07, 6.45) is 3.67. The van der Waals surface area contributed by atoms with Crippen LogP contribution in [0.4, 0.5) is 11.6 Å². The van der Waals surface area contributed by atoms with Gasteiger partial charge in [0, 0.05) is 27.2 Å². The number of thiol groups is 1. The molecular formula is C22H17N3O3S2. The topological polar surface area (TPSA) is 92.2 Å². The van der Waals surface area contributed by atoms with E-state index in [9.17, 15) is 13.5 Å². The van der Waals surface area contributed by atoms with E-state index in [1.807, 2.05) is 18.3 Å². The Morgan fingerprint density at radius 2 is 1.87 bits per heavy atom. The van der Waals surface area contributed by atoms with Crippen LogP contribution in [0.2, 0.25) is 0 Å². The molecule has 2 heterocycles. The van der Waals surface area contributed by atoms with Crippen LogP contribution in [0.5, 0.6) is 5.75 Å². The Hall–Kier alpha value is -3.23. The zero-order chi connectivity index (χ0) is 20.7. The highest BCUT2D eigenvalue weighted by Gasteiger charge is 2.22. The minimum absolute atomic E-state index is 0.251. The Kier molecular flexibility index (Phi) is 4.72. The molecule has 4 aromatic rings. The van der Waals surface area contributed by atoms with Crippen LogP contribution in [0.3, 0.4) is 0 Å². The molecule has 1 aliphatic rings. The molecule has 0 fully saturated rings. The number of nitrogens with zero attached hydrogens (tertiary/aromatic N) is 2. The number of thiophene rings is 1. The van der Waals surface area contributed by atoms with Gasteiger partial charge in [-0.1, -0.05) is 12.1 Å². The zero-order valence-electron chi connectivity index (χ0n) is 15.7. The van der Waals surface area contributed by atoms with Crippen LogP contribution >= 0.6 is 11.3 Å². The molecule has 0 saturated carbocycles. The molecule has 0 bridgehead atoms. The highest BCUT2D eigenvalue weighted by Crippen LogP contribution is 2.42. The summed E-state index contributed by atoms with van der Waals surface area (Å²) in [4.78, 5) is 11.8. The second-order valence-corrected chi connectivity index (χ2v) is 9.16. The number of aromatic nitrogens is 2. The van der Waals surface area contributed by atoms with Gasteiger partial charge in [-0.25, -0.2) is 18.4 Å². The molecule has 0 atom stereocenters. The minimum atomic E-state index is -2.60. The molecule has 0 aliphatic heterocycles. The van der Waals surface area contributed by atoms with Crippen molar-refractivity contribution in [2.45, 2.75) is 17.7 Å². The molecule has 1 aliphatic carbocycles. The zero-order valence-corrected chi connectivity index (χ0v) is 17.4. The summed E-state index contributed by atoms with van der Waals surface area (Å²) < 4.78 is 22.1. The molecule has 5 rings (SSSR count). The third kappa shape index (κ3) is 3.55. The number of aromatic hydroxyl groups is 1. The highest BCUT2D eigenvalue weighted by atomic mass is 32.2. The van der Waals surface area contributed by atoms with E-state index in [0.29, 0.717) is 5.95 Å². The quantitative estimate of drug-likeness (QED) is 0.412. The van der Waals surface area contributed by atoms with Gasteiger partial charge in [0.05, 0.1) is 10.6 Å². The predicted molar refractivity (Wildman–Crippen MR) is 118 cm³/mol. The highest BCUT2D eigenvalue weighted by molar-refractivity contribution is 7.72. The maximum Gasteiger partial charge on any atom is 0.227 e. The fourth-order valence-electron chi connectivity index (χ4n) is 3.54. The predicted octanol–water partition coefficient (Wildman–Crippen LogP) is 4.39. The Bertz CT molecular complexity index is 1320. The lowest BCUT2D eigenvalue weighted by Crippen LogP contribution is -2.06. The van der Waals surface area contributed by atoms with Crippen LogP contribution in [0.25, 0.3) is 21.7 Å². The van der Waals surface area contributed by atoms with Gasteiger partial charge in [0.2, 0.25) is 5.95 Å². The van der Waals surface area contributed by atoms with Crippen molar-refractivity contribution in [3.63, 3.8) is 0 Å². The molecule has 2 N–H and O–H groups in total. The first-order valence-electron chi connectivity index (χ1n) is 9.37. The molecule has 8 heteroatoms. The number of hydrogen-bond donors (Lipinski definition) is 3. The van der Waals surface area contributed by atoms with Crippen molar-refractivity contribution in [1.82, 2.24) is 9.97 Å². The molecule has 150 valence electrons. The van der Waals surface area contributed by atoms with E-state index >= 15 is 0 Å². The van der Waals surface area contributed by atoms with E-state index in [2.05, 4.69) is 16.4 Å². The first-order chi connectivity index (χ1) is 14.6. The lowest BCUT2D eigenvalue weighted by Gasteiger charge is -2.16. The Morgan fingerprint density at radius 1 is 1.03 bits per heavy atom. The first kappa shape index (κ1) is 18.8. The minimum Gasteiger partial charge on any atom is -0.508 e. The number of anilines is 2. The van der Waals surface area contributed by atoms with Crippen LogP contribution in [0.15, 0.2) is 65.7 Å². The van der Waals surface area contributed by atoms with Gasteiger partial charge in [0.1, 0.15) is 5.75 Å². The van der Waals surface area contributed by atoms with E-state index in [0.717, 1.165) is 45.8 Å². The molecule has 0 spiro atoms. The second-order valence-electron chi connectivity index (χ2n) is 6.99. The fraction of sp³-hybridized carbons (Fsp3) is 0.0909. The number of phenolic OH excluding ortho intramolecular Hbond substituents is 1. The molecule has 0 radical (unpaired) electrons. The summed E-state index contributed by atoms with van der Waals surface area (Å²) in [5.74, 6) is 0.714. The van der Waals surface area contributed by atoms with Gasteiger partial charge in [-0.2, -0.15) is 0 Å². The normalized spacial score (nSPS) is 12.4. The van der Waals surface area contributed by atoms with Gasteiger partial charge < -0.3 is 10.4 Å². The maximum atomic E-state index is 11.1. The molecule has 2 aromatic heterocycles. The van der Waals surface area contributed by atoms with Crippen molar-refractivity contribution >= 4 is 33.7 Å². The molecule has 0 unspecified atom stereocenters. The smallest absolute Gasteiger partial charge is 0.227 e. The van der Waals surface area contributed by atoms with Crippen molar-refractivity contribution < 1.29 is 13.5 Å².